The maximum atomic E-state index is 13.6. The number of nitrogens with one attached hydrogen (secondary N) is 1. The van der Waals surface area contributed by atoms with E-state index in [2.05, 4.69) is 5.32 Å². The van der Waals surface area contributed by atoms with E-state index in [4.69, 9.17) is 11.6 Å². The lowest BCUT2D eigenvalue weighted by Gasteiger charge is -2.14. The van der Waals surface area contributed by atoms with E-state index in [1.807, 2.05) is 0 Å². The molecule has 1 nitrogen and oxygen atoms in total. The van der Waals surface area contributed by atoms with Crippen LogP contribution < -0.4 is 5.32 Å². The highest BCUT2D eigenvalue weighted by atomic mass is 35.5. The Morgan fingerprint density at radius 3 is 2.48 bits per heavy atom. The maximum absolute atomic E-state index is 13.6. The molecule has 6 heteroatoms. The van der Waals surface area contributed by atoms with Gasteiger partial charge in [-0.3, -0.25) is 0 Å². The maximum Gasteiger partial charge on any atom is 0.416 e. The molecule has 2 rings (SSSR count). The van der Waals surface area contributed by atoms with Crippen LogP contribution in [-0.2, 0) is 12.7 Å². The molecular formula is C15H12ClF4N. The zero-order valence-corrected chi connectivity index (χ0v) is 11.8. The first-order chi connectivity index (χ1) is 9.79. The molecule has 112 valence electrons. The first-order valence-electron chi connectivity index (χ1n) is 6.13. The quantitative estimate of drug-likeness (QED) is 0.745. The number of halogens is 5. The third-order valence-electron chi connectivity index (χ3n) is 3.08. The molecule has 0 fully saturated rings. The molecule has 0 bridgehead atoms. The molecule has 0 saturated carbocycles. The molecule has 0 aliphatic carbocycles. The van der Waals surface area contributed by atoms with Crippen molar-refractivity contribution >= 4 is 17.3 Å². The Morgan fingerprint density at radius 2 is 1.86 bits per heavy atom. The Hall–Kier alpha value is -1.75. The van der Waals surface area contributed by atoms with E-state index in [9.17, 15) is 17.6 Å². The van der Waals surface area contributed by atoms with Crippen LogP contribution in [0.5, 0.6) is 0 Å². The van der Waals surface area contributed by atoms with Crippen molar-refractivity contribution in [1.82, 2.24) is 0 Å². The molecule has 21 heavy (non-hydrogen) atoms. The molecule has 2 aromatic rings. The summed E-state index contributed by atoms with van der Waals surface area (Å²) in [6.07, 6.45) is -4.42. The van der Waals surface area contributed by atoms with Gasteiger partial charge in [-0.05, 0) is 36.8 Å². The molecule has 0 amide bonds. The summed E-state index contributed by atoms with van der Waals surface area (Å²) in [5.41, 5.74) is 0.394. The molecule has 0 atom stereocenters. The highest BCUT2D eigenvalue weighted by molar-refractivity contribution is 6.31. The van der Waals surface area contributed by atoms with Crippen molar-refractivity contribution in [2.45, 2.75) is 19.6 Å². The van der Waals surface area contributed by atoms with Gasteiger partial charge in [-0.2, -0.15) is 13.2 Å². The summed E-state index contributed by atoms with van der Waals surface area (Å²) in [5, 5.41) is 3.03. The van der Waals surface area contributed by atoms with Crippen LogP contribution in [0.25, 0.3) is 0 Å². The molecule has 0 aliphatic heterocycles. The minimum absolute atomic E-state index is 0.00760. The molecule has 0 heterocycles. The number of alkyl halides is 3. The molecule has 1 N–H and O–H groups in total. The SMILES string of the molecule is Cc1ccc(C(F)(F)F)cc1NCc1c(F)cccc1Cl. The summed E-state index contributed by atoms with van der Waals surface area (Å²) in [7, 11) is 0. The summed E-state index contributed by atoms with van der Waals surface area (Å²) < 4.78 is 51.7. The Balaban J connectivity index is 2.24. The van der Waals surface area contributed by atoms with Crippen molar-refractivity contribution in [2.75, 3.05) is 5.32 Å². The van der Waals surface area contributed by atoms with Gasteiger partial charge >= 0.3 is 6.18 Å². The number of rotatable bonds is 3. The van der Waals surface area contributed by atoms with Crippen LogP contribution in [0.3, 0.4) is 0 Å². The molecule has 2 aromatic carbocycles. The second kappa shape index (κ2) is 5.93. The molecule has 0 saturated heterocycles. The van der Waals surface area contributed by atoms with Gasteiger partial charge in [-0.25, -0.2) is 4.39 Å². The van der Waals surface area contributed by atoms with Gasteiger partial charge < -0.3 is 5.32 Å². The monoisotopic (exact) mass is 317 g/mol. The third-order valence-corrected chi connectivity index (χ3v) is 3.44. The normalized spacial score (nSPS) is 11.5. The molecular weight excluding hydrogens is 306 g/mol. The lowest BCUT2D eigenvalue weighted by Crippen LogP contribution is -2.08. The zero-order chi connectivity index (χ0) is 15.6. The van der Waals surface area contributed by atoms with Crippen molar-refractivity contribution in [3.05, 3.63) is 63.9 Å². The summed E-state index contributed by atoms with van der Waals surface area (Å²) in [6.45, 7) is 1.68. The van der Waals surface area contributed by atoms with Gasteiger partial charge in [0.25, 0.3) is 0 Å². The molecule has 0 aromatic heterocycles. The van der Waals surface area contributed by atoms with Gasteiger partial charge in [-0.1, -0.05) is 23.7 Å². The predicted octanol–water partition coefficient (Wildman–Crippen LogP) is 5.42. The summed E-state index contributed by atoms with van der Waals surface area (Å²) in [4.78, 5) is 0. The number of anilines is 1. The van der Waals surface area contributed by atoms with Crippen LogP contribution in [-0.4, -0.2) is 0 Å². The van der Waals surface area contributed by atoms with E-state index in [1.54, 1.807) is 6.92 Å². The highest BCUT2D eigenvalue weighted by Gasteiger charge is 2.30. The number of aryl methyl sites for hydroxylation is 1. The Bertz CT molecular complexity index is 632. The van der Waals surface area contributed by atoms with Crippen molar-refractivity contribution in [3.63, 3.8) is 0 Å². The minimum atomic E-state index is -4.42. The largest absolute Gasteiger partial charge is 0.416 e. The Labute approximate surface area is 124 Å². The topological polar surface area (TPSA) is 12.0 Å². The van der Waals surface area contributed by atoms with Crippen LogP contribution in [0.2, 0.25) is 5.02 Å². The lowest BCUT2D eigenvalue weighted by molar-refractivity contribution is -0.137. The fraction of sp³-hybridized carbons (Fsp3) is 0.200. The molecule has 0 radical (unpaired) electrons. The molecule has 0 unspecified atom stereocenters. The molecule has 0 spiro atoms. The van der Waals surface area contributed by atoms with Crippen LogP contribution in [0.15, 0.2) is 36.4 Å². The number of benzene rings is 2. The fourth-order valence-corrected chi connectivity index (χ4v) is 2.10. The summed E-state index contributed by atoms with van der Waals surface area (Å²) in [5.74, 6) is -0.500. The van der Waals surface area contributed by atoms with E-state index < -0.39 is 17.6 Å². The Morgan fingerprint density at radius 1 is 1.14 bits per heavy atom. The average molecular weight is 318 g/mol. The first-order valence-corrected chi connectivity index (χ1v) is 6.51. The van der Waals surface area contributed by atoms with E-state index in [1.165, 1.54) is 24.3 Å². The van der Waals surface area contributed by atoms with Crippen LogP contribution >= 0.6 is 11.6 Å². The van der Waals surface area contributed by atoms with Gasteiger partial charge in [-0.15, -0.1) is 0 Å². The van der Waals surface area contributed by atoms with Gasteiger partial charge in [0.2, 0.25) is 0 Å². The lowest BCUT2D eigenvalue weighted by atomic mass is 10.1. The van der Waals surface area contributed by atoms with Gasteiger partial charge in [0.05, 0.1) is 5.56 Å². The number of hydrogen-bond acceptors (Lipinski definition) is 1. The van der Waals surface area contributed by atoms with E-state index in [0.717, 1.165) is 12.1 Å². The second-order valence-electron chi connectivity index (χ2n) is 4.58. The van der Waals surface area contributed by atoms with Crippen molar-refractivity contribution in [3.8, 4) is 0 Å². The van der Waals surface area contributed by atoms with Crippen LogP contribution in [0, 0.1) is 12.7 Å². The van der Waals surface area contributed by atoms with Crippen molar-refractivity contribution in [1.29, 1.82) is 0 Å². The van der Waals surface area contributed by atoms with Crippen LogP contribution in [0.1, 0.15) is 16.7 Å². The van der Waals surface area contributed by atoms with Crippen molar-refractivity contribution < 1.29 is 17.6 Å². The van der Waals surface area contributed by atoms with Gasteiger partial charge in [0.1, 0.15) is 5.82 Å². The predicted molar refractivity (Wildman–Crippen MR) is 74.9 cm³/mol. The van der Waals surface area contributed by atoms with Crippen LogP contribution in [0.4, 0.5) is 23.2 Å². The number of hydrogen-bond donors (Lipinski definition) is 1. The second-order valence-corrected chi connectivity index (χ2v) is 4.99. The highest BCUT2D eigenvalue weighted by Crippen LogP contribution is 2.32. The smallest absolute Gasteiger partial charge is 0.381 e. The minimum Gasteiger partial charge on any atom is -0.381 e. The first kappa shape index (κ1) is 15.6. The zero-order valence-electron chi connectivity index (χ0n) is 11.1. The van der Waals surface area contributed by atoms with Gasteiger partial charge in [0.15, 0.2) is 0 Å². The van der Waals surface area contributed by atoms with E-state index in [0.29, 0.717) is 11.3 Å². The fourth-order valence-electron chi connectivity index (χ4n) is 1.87. The van der Waals surface area contributed by atoms with Crippen molar-refractivity contribution in [2.24, 2.45) is 0 Å². The Kier molecular flexibility index (Phi) is 4.42. The summed E-state index contributed by atoms with van der Waals surface area (Å²) >= 11 is 5.88. The van der Waals surface area contributed by atoms with Gasteiger partial charge in [0, 0.05) is 22.8 Å². The molecule has 0 aliphatic rings. The van der Waals surface area contributed by atoms with E-state index in [-0.39, 0.29) is 17.1 Å². The summed E-state index contributed by atoms with van der Waals surface area (Å²) in [6, 6.07) is 7.63. The third kappa shape index (κ3) is 3.67. The average Bonchev–Trinajstić information content (AvgIpc) is 2.38. The van der Waals surface area contributed by atoms with E-state index >= 15 is 0 Å². The standard InChI is InChI=1S/C15H12ClF4N/c1-9-5-6-10(15(18,19)20)7-14(9)21-8-11-12(16)3-2-4-13(11)17/h2-7,21H,8H2,1H3.